The molecule has 0 radical (unpaired) electrons. The molecule has 11 heteroatoms. The van der Waals surface area contributed by atoms with Gasteiger partial charge in [0.1, 0.15) is 17.2 Å². The Kier molecular flexibility index (Phi) is 8.03. The van der Waals surface area contributed by atoms with Crippen LogP contribution in [0.5, 0.6) is 5.75 Å². The Morgan fingerprint density at radius 3 is 2.62 bits per heavy atom. The van der Waals surface area contributed by atoms with E-state index in [2.05, 4.69) is 38.8 Å². The number of nitrogens with one attached hydrogen (secondary N) is 3. The summed E-state index contributed by atoms with van der Waals surface area (Å²) in [6.45, 7) is 0.268. The van der Waals surface area contributed by atoms with E-state index in [-0.39, 0.29) is 12.5 Å². The summed E-state index contributed by atoms with van der Waals surface area (Å²) in [7, 11) is 5.28. The minimum absolute atomic E-state index is 0.120. The van der Waals surface area contributed by atoms with E-state index in [4.69, 9.17) is 19.7 Å². The lowest BCUT2D eigenvalue weighted by Crippen LogP contribution is -2.27. The molecular weight excluding hydrogens is 590 g/mol. The Morgan fingerprint density at radius 2 is 1.79 bits per heavy atom. The summed E-state index contributed by atoms with van der Waals surface area (Å²) in [6.07, 6.45) is 4.41. The highest BCUT2D eigenvalue weighted by Gasteiger charge is 2.19. The number of fused-ring (bicyclic) bond motifs is 2. The number of amides is 1. The molecule has 0 saturated heterocycles. The smallest absolute Gasteiger partial charge is 0.238 e. The zero-order valence-corrected chi connectivity index (χ0v) is 26.2. The van der Waals surface area contributed by atoms with Crippen molar-refractivity contribution in [1.82, 2.24) is 34.2 Å². The first kappa shape index (κ1) is 29.6. The summed E-state index contributed by atoms with van der Waals surface area (Å²) in [5.41, 5.74) is 8.28. The van der Waals surface area contributed by atoms with Crippen molar-refractivity contribution in [1.29, 1.82) is 0 Å². The van der Waals surface area contributed by atoms with Crippen molar-refractivity contribution >= 4 is 39.9 Å². The highest BCUT2D eigenvalue weighted by Crippen LogP contribution is 2.35. The third-order valence-electron chi connectivity index (χ3n) is 7.64. The first-order valence-corrected chi connectivity index (χ1v) is 15.2. The minimum atomic E-state index is -0.120. The number of hydrogen-bond acceptors (Lipinski definition) is 8. The third-order valence-corrected chi connectivity index (χ3v) is 7.64. The van der Waals surface area contributed by atoms with Crippen molar-refractivity contribution in [2.75, 3.05) is 38.4 Å². The molecule has 0 atom stereocenters. The molecule has 11 nitrogen and oxygen atoms in total. The second-order valence-corrected chi connectivity index (χ2v) is 11.4. The topological polar surface area (TPSA) is 125 Å². The van der Waals surface area contributed by atoms with Gasteiger partial charge < -0.3 is 25.3 Å². The average molecular weight is 624 g/mol. The van der Waals surface area contributed by atoms with Gasteiger partial charge in [-0.1, -0.05) is 42.5 Å². The molecular formula is C36H33N9O2. The summed E-state index contributed by atoms with van der Waals surface area (Å²) in [5, 5.41) is 6.20. The number of hydrogen-bond donors (Lipinski definition) is 3. The molecule has 0 fully saturated rings. The van der Waals surface area contributed by atoms with Crippen LogP contribution >= 0.6 is 0 Å². The number of aromatic nitrogens is 6. The van der Waals surface area contributed by atoms with Crippen LogP contribution in [0.15, 0.2) is 103 Å². The van der Waals surface area contributed by atoms with E-state index in [0.717, 1.165) is 45.9 Å². The molecule has 0 aliphatic rings. The number of H-pyrrole nitrogens is 1. The van der Waals surface area contributed by atoms with Gasteiger partial charge in [0.2, 0.25) is 11.9 Å². The molecule has 47 heavy (non-hydrogen) atoms. The number of anilines is 3. The second-order valence-electron chi connectivity index (χ2n) is 11.4. The van der Waals surface area contributed by atoms with Gasteiger partial charge in [-0.3, -0.25) is 9.20 Å². The van der Waals surface area contributed by atoms with Gasteiger partial charge in [-0.25, -0.2) is 19.9 Å². The van der Waals surface area contributed by atoms with Gasteiger partial charge in [0.05, 0.1) is 47.5 Å². The fourth-order valence-electron chi connectivity index (χ4n) is 5.57. The standard InChI is InChI=1S/C36H33N9O2/c1-44(2)22-33(46)38-25-13-15-30(47-3)29(21-25)42-36-37-17-16-27(41-36)35-34(43-32-11-7-8-18-45(32)35)24-12-14-26-28(20-24)40-31(39-26)19-23-9-5-4-6-10-23/h4-18,20-21H,19,22H2,1-3H3,(H,38,46)(H,39,40)(H,37,41,42). The van der Waals surface area contributed by atoms with Crippen LogP contribution in [0, 0.1) is 0 Å². The van der Waals surface area contributed by atoms with Crippen LogP contribution in [0.25, 0.3) is 39.3 Å². The van der Waals surface area contributed by atoms with Crippen LogP contribution in [-0.4, -0.2) is 67.9 Å². The number of rotatable bonds is 10. The van der Waals surface area contributed by atoms with E-state index in [1.165, 1.54) is 5.56 Å². The Hall–Kier alpha value is -6.07. The molecule has 7 rings (SSSR count). The van der Waals surface area contributed by atoms with Crippen molar-refractivity contribution in [3.05, 3.63) is 115 Å². The predicted molar refractivity (Wildman–Crippen MR) is 184 cm³/mol. The van der Waals surface area contributed by atoms with Crippen LogP contribution in [0.3, 0.4) is 0 Å². The van der Waals surface area contributed by atoms with Crippen molar-refractivity contribution in [3.63, 3.8) is 0 Å². The summed E-state index contributed by atoms with van der Waals surface area (Å²) in [4.78, 5) is 36.9. The maximum Gasteiger partial charge on any atom is 0.238 e. The maximum absolute atomic E-state index is 12.4. The molecule has 1 amide bonds. The van der Waals surface area contributed by atoms with E-state index >= 15 is 0 Å². The number of ether oxygens (including phenoxy) is 1. The average Bonchev–Trinajstić information content (AvgIpc) is 3.66. The van der Waals surface area contributed by atoms with Crippen molar-refractivity contribution < 1.29 is 9.53 Å². The molecule has 7 aromatic rings. The number of carbonyl (C=O) groups excluding carboxylic acids is 1. The van der Waals surface area contributed by atoms with Gasteiger partial charge >= 0.3 is 0 Å². The number of pyridine rings is 1. The fraction of sp³-hybridized carbons (Fsp3) is 0.139. The number of benzene rings is 3. The fourth-order valence-corrected chi connectivity index (χ4v) is 5.57. The Labute approximate surface area is 271 Å². The number of aromatic amines is 1. The first-order chi connectivity index (χ1) is 22.9. The van der Waals surface area contributed by atoms with Gasteiger partial charge in [-0.15, -0.1) is 0 Å². The number of methoxy groups -OCH3 is 1. The molecule has 0 spiro atoms. The zero-order chi connectivity index (χ0) is 32.3. The largest absolute Gasteiger partial charge is 0.495 e. The van der Waals surface area contributed by atoms with Gasteiger partial charge in [0, 0.05) is 30.1 Å². The van der Waals surface area contributed by atoms with E-state index < -0.39 is 0 Å². The molecule has 0 aliphatic heterocycles. The van der Waals surface area contributed by atoms with Crippen molar-refractivity contribution in [2.45, 2.75) is 6.42 Å². The lowest BCUT2D eigenvalue weighted by molar-refractivity contribution is -0.116. The first-order valence-electron chi connectivity index (χ1n) is 15.2. The molecule has 234 valence electrons. The van der Waals surface area contributed by atoms with E-state index in [1.807, 2.05) is 84.2 Å². The van der Waals surface area contributed by atoms with Crippen LogP contribution < -0.4 is 15.4 Å². The molecule has 4 aromatic heterocycles. The van der Waals surface area contributed by atoms with E-state index in [9.17, 15) is 4.79 Å². The molecule has 0 aliphatic carbocycles. The second kappa shape index (κ2) is 12.7. The minimum Gasteiger partial charge on any atom is -0.495 e. The SMILES string of the molecule is COc1ccc(NC(=O)CN(C)C)cc1Nc1nccc(-c2c(-c3ccc4nc(Cc5ccccc5)[nH]c4c3)nc3ccccn23)n1. The van der Waals surface area contributed by atoms with Gasteiger partial charge in [0.25, 0.3) is 0 Å². The van der Waals surface area contributed by atoms with Crippen LogP contribution in [0.4, 0.5) is 17.3 Å². The molecule has 3 N–H and O–H groups in total. The molecule has 0 saturated carbocycles. The van der Waals surface area contributed by atoms with Gasteiger partial charge in [-0.05, 0) is 68.2 Å². The van der Waals surface area contributed by atoms with E-state index in [1.54, 1.807) is 31.5 Å². The summed E-state index contributed by atoms with van der Waals surface area (Å²) < 4.78 is 7.62. The molecule has 4 heterocycles. The van der Waals surface area contributed by atoms with Gasteiger partial charge in [-0.2, -0.15) is 0 Å². The summed E-state index contributed by atoms with van der Waals surface area (Å²) >= 11 is 0. The highest BCUT2D eigenvalue weighted by atomic mass is 16.5. The Balaban J connectivity index is 1.23. The lowest BCUT2D eigenvalue weighted by atomic mass is 10.1. The number of carbonyl (C=O) groups is 1. The summed E-state index contributed by atoms with van der Waals surface area (Å²) in [6, 6.07) is 29.6. The lowest BCUT2D eigenvalue weighted by Gasteiger charge is -2.14. The quantitative estimate of drug-likeness (QED) is 0.165. The Bertz CT molecular complexity index is 2210. The molecule has 0 unspecified atom stereocenters. The number of likely N-dealkylation sites (N-methyl/N-ethyl adjacent to an activating group) is 1. The van der Waals surface area contributed by atoms with Crippen LogP contribution in [0.1, 0.15) is 11.4 Å². The molecule has 0 bridgehead atoms. The van der Waals surface area contributed by atoms with Crippen molar-refractivity contribution in [3.8, 4) is 28.4 Å². The zero-order valence-electron chi connectivity index (χ0n) is 26.2. The Morgan fingerprint density at radius 1 is 0.936 bits per heavy atom. The normalized spacial score (nSPS) is 11.3. The predicted octanol–water partition coefficient (Wildman–Crippen LogP) is 6.18. The monoisotopic (exact) mass is 623 g/mol. The van der Waals surface area contributed by atoms with E-state index in [0.29, 0.717) is 28.8 Å². The highest BCUT2D eigenvalue weighted by molar-refractivity contribution is 5.93. The third kappa shape index (κ3) is 6.37. The maximum atomic E-state index is 12.4. The van der Waals surface area contributed by atoms with Crippen LogP contribution in [-0.2, 0) is 11.2 Å². The van der Waals surface area contributed by atoms with Crippen molar-refractivity contribution in [2.24, 2.45) is 0 Å². The number of imidazole rings is 2. The van der Waals surface area contributed by atoms with Gasteiger partial charge in [0.15, 0.2) is 0 Å². The number of nitrogens with zero attached hydrogens (tertiary/aromatic N) is 6. The molecule has 3 aromatic carbocycles. The summed E-state index contributed by atoms with van der Waals surface area (Å²) in [5.74, 6) is 1.73. The van der Waals surface area contributed by atoms with Crippen LogP contribution in [0.2, 0.25) is 0 Å².